The Morgan fingerprint density at radius 2 is 1.97 bits per heavy atom. The van der Waals surface area contributed by atoms with E-state index in [4.69, 9.17) is 9.47 Å². The Balaban J connectivity index is 1.54. The number of methoxy groups -OCH3 is 1. The first kappa shape index (κ1) is 26.4. The summed E-state index contributed by atoms with van der Waals surface area (Å²) >= 11 is 3.16. The molecular weight excluding hydrogens is 552 g/mol. The first-order valence-corrected chi connectivity index (χ1v) is 14.8. The minimum atomic E-state index is -1.08. The number of likely N-dealkylation sites (tertiary alicyclic amines) is 1. The zero-order chi connectivity index (χ0) is 27.5. The Morgan fingerprint density at radius 3 is 2.63 bits per heavy atom. The summed E-state index contributed by atoms with van der Waals surface area (Å²) in [5.74, 6) is 0.154. The molecule has 2 amide bonds. The second-order valence-electron chi connectivity index (χ2n) is 13.4. The topological polar surface area (TPSA) is 108 Å². The number of ether oxygens (including phenoxy) is 2. The van der Waals surface area contributed by atoms with E-state index in [1.54, 1.807) is 13.2 Å². The number of nitrogens with zero attached hydrogens (tertiary/aromatic N) is 1. The number of piperidine rings is 1. The molecule has 1 saturated heterocycles. The summed E-state index contributed by atoms with van der Waals surface area (Å²) in [4.78, 5) is 27.5. The molecule has 4 fully saturated rings. The van der Waals surface area contributed by atoms with Crippen molar-refractivity contribution in [2.75, 3.05) is 25.5 Å². The number of halogens is 1. The summed E-state index contributed by atoms with van der Waals surface area (Å²) in [6.07, 6.45) is 3.20. The van der Waals surface area contributed by atoms with Gasteiger partial charge in [-0.25, -0.2) is 0 Å². The number of phenols is 1. The summed E-state index contributed by atoms with van der Waals surface area (Å²) in [5, 5.41) is 26.1. The number of phenolic OH excluding ortho intramolecular Hbond substituents is 1. The van der Waals surface area contributed by atoms with E-state index in [2.05, 4.69) is 42.0 Å². The summed E-state index contributed by atoms with van der Waals surface area (Å²) in [6, 6.07) is 3.57. The van der Waals surface area contributed by atoms with Crippen LogP contribution in [0.2, 0.25) is 0 Å². The number of aromatic hydroxyl groups is 1. The molecule has 1 aromatic carbocycles. The number of benzene rings is 1. The van der Waals surface area contributed by atoms with E-state index < -0.39 is 22.0 Å². The van der Waals surface area contributed by atoms with Crippen LogP contribution in [-0.2, 0) is 26.2 Å². The van der Waals surface area contributed by atoms with E-state index >= 15 is 0 Å². The molecule has 6 aliphatic rings. The number of carbonyl (C=O) groups excluding carboxylic acids is 2. The quantitative estimate of drug-likeness (QED) is 0.455. The van der Waals surface area contributed by atoms with Crippen molar-refractivity contribution in [1.82, 2.24) is 10.2 Å². The zero-order valence-electron chi connectivity index (χ0n) is 22.9. The molecule has 0 aromatic heterocycles. The third-order valence-corrected chi connectivity index (χ3v) is 11.9. The largest absolute Gasteiger partial charge is 0.504 e. The Hall–Kier alpha value is -1.84. The van der Waals surface area contributed by atoms with Gasteiger partial charge in [-0.05, 0) is 56.1 Å². The van der Waals surface area contributed by atoms with Gasteiger partial charge in [-0.3, -0.25) is 9.59 Å². The van der Waals surface area contributed by atoms with Crippen LogP contribution in [0.15, 0.2) is 12.1 Å². The van der Waals surface area contributed by atoms with Crippen LogP contribution in [0, 0.1) is 16.7 Å². The van der Waals surface area contributed by atoms with Gasteiger partial charge >= 0.3 is 0 Å². The molecule has 2 spiro atoms. The number of carbonyl (C=O) groups is 2. The van der Waals surface area contributed by atoms with Crippen molar-refractivity contribution >= 4 is 27.7 Å². The minimum Gasteiger partial charge on any atom is -0.504 e. The standard InChI is InChI=1S/C29H39BrN2O6/c1-25(2,3)26(4,36)18-13-27-8-9-29(18,37-5)24-28(27)10-11-32(21(35)15-31-20(34)14-30)19(27)12-16-6-7-17(33)23(38-24)22(16)28/h6-7,18-19,24,33,36H,8-15H2,1-5H3,(H,31,34)/t18-,19-,24-,26+,27-,28+,29+/m1/s1. The Bertz CT molecular complexity index is 1210. The summed E-state index contributed by atoms with van der Waals surface area (Å²) < 4.78 is 13.3. The Kier molecular flexibility index (Phi) is 5.63. The highest BCUT2D eigenvalue weighted by molar-refractivity contribution is 9.09. The van der Waals surface area contributed by atoms with Crippen molar-refractivity contribution in [2.24, 2.45) is 16.7 Å². The highest BCUT2D eigenvalue weighted by Gasteiger charge is 2.82. The molecule has 4 bridgehead atoms. The van der Waals surface area contributed by atoms with E-state index in [0.29, 0.717) is 38.0 Å². The average molecular weight is 592 g/mol. The van der Waals surface area contributed by atoms with Crippen LogP contribution in [0.3, 0.4) is 0 Å². The smallest absolute Gasteiger partial charge is 0.242 e. The highest BCUT2D eigenvalue weighted by atomic mass is 79.9. The fourth-order valence-corrected chi connectivity index (χ4v) is 9.46. The van der Waals surface area contributed by atoms with E-state index in [1.807, 2.05) is 17.9 Å². The predicted molar refractivity (Wildman–Crippen MR) is 144 cm³/mol. The molecule has 3 N–H and O–H groups in total. The molecule has 7 rings (SSSR count). The fourth-order valence-electron chi connectivity index (χ4n) is 9.26. The van der Waals surface area contributed by atoms with Gasteiger partial charge < -0.3 is 29.9 Å². The van der Waals surface area contributed by atoms with E-state index in [0.717, 1.165) is 17.5 Å². The van der Waals surface area contributed by atoms with Crippen molar-refractivity contribution in [2.45, 2.75) is 88.6 Å². The van der Waals surface area contributed by atoms with Gasteiger partial charge in [-0.15, -0.1) is 0 Å². The maximum atomic E-state index is 13.6. The summed E-state index contributed by atoms with van der Waals surface area (Å²) in [5.41, 5.74) is -0.817. The minimum absolute atomic E-state index is 0.0389. The molecule has 8 nitrogen and oxygen atoms in total. The van der Waals surface area contributed by atoms with Crippen LogP contribution in [-0.4, -0.2) is 75.8 Å². The van der Waals surface area contributed by atoms with Crippen LogP contribution in [0.25, 0.3) is 0 Å². The lowest BCUT2D eigenvalue weighted by molar-refractivity contribution is -0.310. The molecule has 208 valence electrons. The summed E-state index contributed by atoms with van der Waals surface area (Å²) in [6.45, 7) is 8.61. The van der Waals surface area contributed by atoms with Gasteiger partial charge in [0.15, 0.2) is 11.5 Å². The number of rotatable bonds is 5. The number of hydrogen-bond acceptors (Lipinski definition) is 6. The predicted octanol–water partition coefficient (Wildman–Crippen LogP) is 3.04. The molecule has 38 heavy (non-hydrogen) atoms. The maximum Gasteiger partial charge on any atom is 0.242 e. The number of nitrogens with one attached hydrogen (secondary N) is 1. The molecular formula is C29H39BrN2O6. The van der Waals surface area contributed by atoms with E-state index in [1.165, 1.54) is 0 Å². The second-order valence-corrected chi connectivity index (χ2v) is 13.9. The molecule has 1 aromatic rings. The second kappa shape index (κ2) is 8.10. The number of fused-ring (bicyclic) bond motifs is 2. The molecule has 7 atom stereocenters. The molecule has 3 saturated carbocycles. The average Bonchev–Trinajstić information content (AvgIpc) is 3.24. The van der Waals surface area contributed by atoms with Gasteiger partial charge in [0.1, 0.15) is 11.7 Å². The zero-order valence-corrected chi connectivity index (χ0v) is 24.5. The number of amides is 2. The SMILES string of the molecule is CO[C@@]12CC[C@@]3(C[C@@H]1[C@](C)(O)C(C)(C)C)[C@H]1Cc4ccc(O)c5c4[C@@]3(CCN1C(=O)CNC(=O)CBr)[C@H]2O5. The first-order valence-electron chi connectivity index (χ1n) is 13.7. The Morgan fingerprint density at radius 1 is 1.24 bits per heavy atom. The number of alkyl halides is 1. The molecule has 9 heteroatoms. The lowest BCUT2D eigenvalue weighted by atomic mass is 9.33. The lowest BCUT2D eigenvalue weighted by Gasteiger charge is -2.75. The Labute approximate surface area is 232 Å². The van der Waals surface area contributed by atoms with Crippen molar-refractivity contribution in [3.05, 3.63) is 23.3 Å². The van der Waals surface area contributed by atoms with E-state index in [-0.39, 0.29) is 52.9 Å². The molecule has 0 unspecified atom stereocenters. The monoisotopic (exact) mass is 590 g/mol. The van der Waals surface area contributed by atoms with Crippen LogP contribution in [0.5, 0.6) is 11.5 Å². The highest BCUT2D eigenvalue weighted by Crippen LogP contribution is 2.78. The normalized spacial score (nSPS) is 37.8. The van der Waals surface area contributed by atoms with Crippen molar-refractivity contribution in [3.63, 3.8) is 0 Å². The van der Waals surface area contributed by atoms with Crippen LogP contribution < -0.4 is 10.1 Å². The van der Waals surface area contributed by atoms with Crippen LogP contribution in [0.1, 0.15) is 64.5 Å². The fraction of sp³-hybridized carbons (Fsp3) is 0.724. The van der Waals surface area contributed by atoms with Gasteiger partial charge in [-0.1, -0.05) is 42.8 Å². The van der Waals surface area contributed by atoms with Crippen LogP contribution in [0.4, 0.5) is 0 Å². The van der Waals surface area contributed by atoms with Gasteiger partial charge in [0.05, 0.1) is 17.5 Å². The maximum absolute atomic E-state index is 13.6. The molecule has 4 aliphatic carbocycles. The molecule has 0 radical (unpaired) electrons. The lowest BCUT2D eigenvalue weighted by Crippen LogP contribution is -2.83. The summed E-state index contributed by atoms with van der Waals surface area (Å²) in [7, 11) is 1.74. The van der Waals surface area contributed by atoms with Gasteiger partial charge in [0.25, 0.3) is 0 Å². The van der Waals surface area contributed by atoms with Crippen molar-refractivity contribution in [3.8, 4) is 11.5 Å². The third kappa shape index (κ3) is 2.93. The van der Waals surface area contributed by atoms with Gasteiger partial charge in [0.2, 0.25) is 11.8 Å². The molecule has 2 heterocycles. The van der Waals surface area contributed by atoms with Gasteiger partial charge in [-0.2, -0.15) is 0 Å². The number of aliphatic hydroxyl groups is 1. The van der Waals surface area contributed by atoms with Crippen molar-refractivity contribution in [1.29, 1.82) is 0 Å². The van der Waals surface area contributed by atoms with Crippen molar-refractivity contribution < 1.29 is 29.3 Å². The third-order valence-electron chi connectivity index (χ3n) is 11.4. The number of hydrogen-bond donors (Lipinski definition) is 3. The van der Waals surface area contributed by atoms with Crippen LogP contribution >= 0.6 is 15.9 Å². The van der Waals surface area contributed by atoms with Gasteiger partial charge in [0, 0.05) is 42.0 Å². The molecule has 2 aliphatic heterocycles. The van der Waals surface area contributed by atoms with E-state index in [9.17, 15) is 19.8 Å². The first-order chi connectivity index (χ1) is 17.8.